The summed E-state index contributed by atoms with van der Waals surface area (Å²) in [6.45, 7) is 10.3. The van der Waals surface area contributed by atoms with E-state index in [9.17, 15) is 0 Å². The number of hydrogen-bond acceptors (Lipinski definition) is 5. The zero-order valence-electron chi connectivity index (χ0n) is 13.1. The normalized spacial score (nSPS) is 12.5. The highest BCUT2D eigenvalue weighted by atomic mass is 16.3. The summed E-state index contributed by atoms with van der Waals surface area (Å²) >= 11 is 0. The van der Waals surface area contributed by atoms with E-state index in [0.29, 0.717) is 11.8 Å². The van der Waals surface area contributed by atoms with Crippen LogP contribution in [0.15, 0.2) is 6.07 Å². The van der Waals surface area contributed by atoms with Crippen molar-refractivity contribution >= 4 is 11.6 Å². The van der Waals surface area contributed by atoms with E-state index < -0.39 is 0 Å². The second kappa shape index (κ2) is 8.74. The van der Waals surface area contributed by atoms with Crippen molar-refractivity contribution in [2.24, 2.45) is 5.92 Å². The van der Waals surface area contributed by atoms with Gasteiger partial charge in [-0.3, -0.25) is 0 Å². The number of hydrogen-bond donors (Lipinski definition) is 3. The molecule has 1 heterocycles. The van der Waals surface area contributed by atoms with Crippen molar-refractivity contribution in [3.8, 4) is 0 Å². The maximum atomic E-state index is 8.99. The van der Waals surface area contributed by atoms with Crippen LogP contribution in [-0.4, -0.2) is 34.8 Å². The van der Waals surface area contributed by atoms with Crippen LogP contribution in [0.4, 0.5) is 11.6 Å². The van der Waals surface area contributed by atoms with Crippen molar-refractivity contribution in [3.63, 3.8) is 0 Å². The summed E-state index contributed by atoms with van der Waals surface area (Å²) in [4.78, 5) is 9.04. The van der Waals surface area contributed by atoms with Gasteiger partial charge in [-0.15, -0.1) is 0 Å². The SMILES string of the molecule is CCNc1cc(NCCCC(C)CO)nc(C(C)C)n1. The van der Waals surface area contributed by atoms with E-state index in [-0.39, 0.29) is 6.61 Å². The fourth-order valence-corrected chi connectivity index (χ4v) is 1.84. The van der Waals surface area contributed by atoms with Crippen molar-refractivity contribution in [2.45, 2.75) is 46.5 Å². The molecule has 1 aromatic heterocycles. The molecule has 20 heavy (non-hydrogen) atoms. The predicted octanol–water partition coefficient (Wildman–Crippen LogP) is 2.85. The highest BCUT2D eigenvalue weighted by Crippen LogP contribution is 2.17. The molecule has 1 rings (SSSR count). The van der Waals surface area contributed by atoms with Gasteiger partial charge in [0, 0.05) is 31.7 Å². The van der Waals surface area contributed by atoms with Crippen LogP contribution in [0.5, 0.6) is 0 Å². The van der Waals surface area contributed by atoms with E-state index in [0.717, 1.165) is 43.4 Å². The van der Waals surface area contributed by atoms with Crippen LogP contribution in [-0.2, 0) is 0 Å². The van der Waals surface area contributed by atoms with E-state index >= 15 is 0 Å². The Morgan fingerprint density at radius 3 is 2.35 bits per heavy atom. The van der Waals surface area contributed by atoms with Gasteiger partial charge in [0.25, 0.3) is 0 Å². The molecule has 0 aliphatic heterocycles. The number of aliphatic hydroxyl groups excluding tert-OH is 1. The van der Waals surface area contributed by atoms with E-state index in [1.807, 2.05) is 6.07 Å². The van der Waals surface area contributed by atoms with Crippen molar-refractivity contribution in [3.05, 3.63) is 11.9 Å². The molecule has 0 saturated carbocycles. The van der Waals surface area contributed by atoms with Gasteiger partial charge in [-0.25, -0.2) is 9.97 Å². The van der Waals surface area contributed by atoms with Gasteiger partial charge in [-0.05, 0) is 25.7 Å². The van der Waals surface area contributed by atoms with Gasteiger partial charge < -0.3 is 15.7 Å². The summed E-state index contributed by atoms with van der Waals surface area (Å²) in [5.74, 6) is 3.28. The molecule has 0 radical (unpaired) electrons. The average molecular weight is 280 g/mol. The standard InChI is InChI=1S/C15H28N4O/c1-5-16-13-9-14(19-15(18-13)11(2)3)17-8-6-7-12(4)10-20/h9,11-12,20H,5-8,10H2,1-4H3,(H2,16,17,18,19). The minimum atomic E-state index is 0.259. The first-order chi connectivity index (χ1) is 9.56. The number of nitrogens with zero attached hydrogens (tertiary/aromatic N) is 2. The van der Waals surface area contributed by atoms with Crippen LogP contribution in [0.2, 0.25) is 0 Å². The molecule has 0 spiro atoms. The maximum Gasteiger partial charge on any atom is 0.135 e. The fraction of sp³-hybridized carbons (Fsp3) is 0.733. The lowest BCUT2D eigenvalue weighted by molar-refractivity contribution is 0.229. The van der Waals surface area contributed by atoms with Gasteiger partial charge in [-0.1, -0.05) is 20.8 Å². The van der Waals surface area contributed by atoms with Crippen LogP contribution < -0.4 is 10.6 Å². The Kier molecular flexibility index (Phi) is 7.30. The summed E-state index contributed by atoms with van der Waals surface area (Å²) in [7, 11) is 0. The third kappa shape index (κ3) is 5.74. The molecule has 114 valence electrons. The van der Waals surface area contributed by atoms with Gasteiger partial charge in [-0.2, -0.15) is 0 Å². The monoisotopic (exact) mass is 280 g/mol. The minimum absolute atomic E-state index is 0.259. The van der Waals surface area contributed by atoms with Crippen molar-refractivity contribution in [2.75, 3.05) is 30.3 Å². The summed E-state index contributed by atoms with van der Waals surface area (Å²) in [5.41, 5.74) is 0. The first-order valence-corrected chi connectivity index (χ1v) is 7.54. The Bertz CT molecular complexity index is 395. The van der Waals surface area contributed by atoms with Gasteiger partial charge in [0.1, 0.15) is 17.5 Å². The molecule has 0 bridgehead atoms. The van der Waals surface area contributed by atoms with E-state index in [1.165, 1.54) is 0 Å². The Morgan fingerprint density at radius 1 is 1.15 bits per heavy atom. The molecule has 0 saturated heterocycles. The highest BCUT2D eigenvalue weighted by molar-refractivity contribution is 5.47. The number of aliphatic hydroxyl groups is 1. The molecule has 0 aromatic carbocycles. The van der Waals surface area contributed by atoms with E-state index in [1.54, 1.807) is 0 Å². The molecular weight excluding hydrogens is 252 g/mol. The molecule has 5 heteroatoms. The topological polar surface area (TPSA) is 70.1 Å². The number of anilines is 2. The summed E-state index contributed by atoms with van der Waals surface area (Å²) < 4.78 is 0. The zero-order chi connectivity index (χ0) is 15.0. The van der Waals surface area contributed by atoms with Crippen LogP contribution >= 0.6 is 0 Å². The van der Waals surface area contributed by atoms with Crippen LogP contribution in [0.1, 0.15) is 52.3 Å². The van der Waals surface area contributed by atoms with E-state index in [2.05, 4.69) is 48.3 Å². The largest absolute Gasteiger partial charge is 0.396 e. The van der Waals surface area contributed by atoms with Crippen LogP contribution in [0, 0.1) is 5.92 Å². The van der Waals surface area contributed by atoms with Gasteiger partial charge in [0.15, 0.2) is 0 Å². The van der Waals surface area contributed by atoms with Crippen LogP contribution in [0.3, 0.4) is 0 Å². The molecule has 0 amide bonds. The lowest BCUT2D eigenvalue weighted by atomic mass is 10.1. The minimum Gasteiger partial charge on any atom is -0.396 e. The summed E-state index contributed by atoms with van der Waals surface area (Å²) in [5, 5.41) is 15.6. The number of aromatic nitrogens is 2. The Hall–Kier alpha value is -1.36. The molecule has 0 aliphatic carbocycles. The number of nitrogens with one attached hydrogen (secondary N) is 2. The lowest BCUT2D eigenvalue weighted by Gasteiger charge is -2.13. The molecule has 3 N–H and O–H groups in total. The van der Waals surface area contributed by atoms with Crippen LogP contribution in [0.25, 0.3) is 0 Å². The maximum absolute atomic E-state index is 8.99. The second-order valence-electron chi connectivity index (χ2n) is 5.54. The molecule has 1 atom stereocenters. The lowest BCUT2D eigenvalue weighted by Crippen LogP contribution is -2.11. The zero-order valence-corrected chi connectivity index (χ0v) is 13.1. The van der Waals surface area contributed by atoms with Gasteiger partial charge >= 0.3 is 0 Å². The first kappa shape index (κ1) is 16.7. The third-order valence-electron chi connectivity index (χ3n) is 3.11. The van der Waals surface area contributed by atoms with Crippen molar-refractivity contribution in [1.82, 2.24) is 9.97 Å². The number of rotatable bonds is 9. The Labute approximate surface area is 122 Å². The summed E-state index contributed by atoms with van der Waals surface area (Å²) in [6, 6.07) is 1.95. The Balaban J connectivity index is 2.59. The third-order valence-corrected chi connectivity index (χ3v) is 3.11. The molecule has 5 nitrogen and oxygen atoms in total. The highest BCUT2D eigenvalue weighted by Gasteiger charge is 2.07. The quantitative estimate of drug-likeness (QED) is 0.607. The van der Waals surface area contributed by atoms with Gasteiger partial charge in [0.05, 0.1) is 0 Å². The second-order valence-corrected chi connectivity index (χ2v) is 5.54. The molecule has 0 fully saturated rings. The fourth-order valence-electron chi connectivity index (χ4n) is 1.84. The Morgan fingerprint density at radius 2 is 1.80 bits per heavy atom. The predicted molar refractivity (Wildman–Crippen MR) is 84.3 cm³/mol. The molecule has 0 aliphatic rings. The molecule has 1 unspecified atom stereocenters. The summed E-state index contributed by atoms with van der Waals surface area (Å²) in [6.07, 6.45) is 2.05. The smallest absolute Gasteiger partial charge is 0.135 e. The first-order valence-electron chi connectivity index (χ1n) is 7.54. The molecule has 1 aromatic rings. The average Bonchev–Trinajstić information content (AvgIpc) is 2.43. The van der Waals surface area contributed by atoms with E-state index in [4.69, 9.17) is 5.11 Å². The van der Waals surface area contributed by atoms with Crippen molar-refractivity contribution in [1.29, 1.82) is 0 Å². The van der Waals surface area contributed by atoms with Crippen molar-refractivity contribution < 1.29 is 5.11 Å². The molecular formula is C15H28N4O. The van der Waals surface area contributed by atoms with Gasteiger partial charge in [0.2, 0.25) is 0 Å².